The Hall–Kier alpha value is -3.65. The van der Waals surface area contributed by atoms with Gasteiger partial charge in [-0.2, -0.15) is 0 Å². The van der Waals surface area contributed by atoms with Gasteiger partial charge in [-0.05, 0) is 65.1 Å². The van der Waals surface area contributed by atoms with Crippen LogP contribution in [-0.4, -0.2) is 76.3 Å². The molecule has 4 aromatic carbocycles. The average Bonchev–Trinajstić information content (AvgIpc) is 3.11. The lowest BCUT2D eigenvalue weighted by molar-refractivity contribution is -0.114. The molecule has 49 heavy (non-hydrogen) atoms. The summed E-state index contributed by atoms with van der Waals surface area (Å²) in [4.78, 5) is 0. The van der Waals surface area contributed by atoms with Crippen LogP contribution in [-0.2, 0) is 19.8 Å². The van der Waals surface area contributed by atoms with Crippen LogP contribution in [0.15, 0.2) is 66.7 Å². The summed E-state index contributed by atoms with van der Waals surface area (Å²) in [5.41, 5.74) is 5.12. The van der Waals surface area contributed by atoms with Gasteiger partial charge in [-0.1, -0.05) is 53.5 Å². The van der Waals surface area contributed by atoms with Crippen LogP contribution in [0.4, 0.5) is 4.39 Å². The second-order valence-corrected chi connectivity index (χ2v) is 12.4. The van der Waals surface area contributed by atoms with E-state index in [0.717, 1.165) is 22.3 Å². The topological polar surface area (TPSA) is 150 Å². The van der Waals surface area contributed by atoms with Gasteiger partial charge in [0, 0.05) is 24.7 Å². The highest BCUT2D eigenvalue weighted by Gasteiger charge is 2.29. The first-order chi connectivity index (χ1) is 23.5. The van der Waals surface area contributed by atoms with Crippen molar-refractivity contribution in [3.63, 3.8) is 0 Å². The second-order valence-electron chi connectivity index (χ2n) is 11.6. The Kier molecular flexibility index (Phi) is 12.6. The molecule has 0 aliphatic carbocycles. The predicted molar refractivity (Wildman–Crippen MR) is 182 cm³/mol. The number of rotatable bonds is 15. The minimum atomic E-state index is -1.75. The molecule has 6 N–H and O–H groups in total. The largest absolute Gasteiger partial charge is 0.488 e. The highest BCUT2D eigenvalue weighted by atomic mass is 35.5. The minimum Gasteiger partial charge on any atom is -0.488 e. The molecule has 0 spiro atoms. The zero-order valence-electron chi connectivity index (χ0n) is 26.6. The van der Waals surface area contributed by atoms with E-state index < -0.39 is 36.8 Å². The van der Waals surface area contributed by atoms with Crippen LogP contribution in [0.1, 0.15) is 22.3 Å². The summed E-state index contributed by atoms with van der Waals surface area (Å²) in [5.74, 6) is 1.58. The summed E-state index contributed by atoms with van der Waals surface area (Å²) in [6, 6.07) is 19.3. The van der Waals surface area contributed by atoms with Crippen molar-refractivity contribution in [3.8, 4) is 34.1 Å². The Morgan fingerprint density at radius 2 is 1.53 bits per heavy atom. The molecule has 0 bridgehead atoms. The zero-order chi connectivity index (χ0) is 35.1. The maximum absolute atomic E-state index is 13.7. The van der Waals surface area contributed by atoms with Crippen molar-refractivity contribution in [1.29, 1.82) is 0 Å². The number of nitrogens with one attached hydrogen (secondary N) is 1. The summed E-state index contributed by atoms with van der Waals surface area (Å²) >= 11 is 12.6. The number of halogens is 3. The van der Waals surface area contributed by atoms with Crippen molar-refractivity contribution >= 4 is 23.2 Å². The van der Waals surface area contributed by atoms with E-state index >= 15 is 0 Å². The third-order valence-electron chi connectivity index (χ3n) is 8.17. The fourth-order valence-electron chi connectivity index (χ4n) is 5.31. The summed E-state index contributed by atoms with van der Waals surface area (Å²) in [5, 5.41) is 52.2. The molecular weight excluding hydrogens is 680 g/mol. The summed E-state index contributed by atoms with van der Waals surface area (Å²) < 4.78 is 37.5. The molecule has 262 valence electrons. The normalized spacial score (nSPS) is 15.0. The van der Waals surface area contributed by atoms with Crippen molar-refractivity contribution in [2.75, 3.05) is 26.4 Å². The Bertz CT molecular complexity index is 1740. The zero-order valence-corrected chi connectivity index (χ0v) is 28.1. The fourth-order valence-corrected chi connectivity index (χ4v) is 5.75. The number of ether oxygens (including phenoxy) is 4. The van der Waals surface area contributed by atoms with Crippen molar-refractivity contribution in [2.45, 2.75) is 51.1 Å². The molecular formula is C36H38Cl2FNO9. The first kappa shape index (κ1) is 36.6. The second kappa shape index (κ2) is 16.8. The van der Waals surface area contributed by atoms with E-state index in [1.807, 2.05) is 43.3 Å². The lowest BCUT2D eigenvalue weighted by Crippen LogP contribution is -2.48. The van der Waals surface area contributed by atoms with E-state index in [0.29, 0.717) is 47.3 Å². The molecule has 5 rings (SSSR count). The lowest BCUT2D eigenvalue weighted by Gasteiger charge is -2.26. The van der Waals surface area contributed by atoms with Crippen LogP contribution < -0.4 is 24.3 Å². The van der Waals surface area contributed by atoms with Crippen LogP contribution in [0.3, 0.4) is 0 Å². The van der Waals surface area contributed by atoms with Gasteiger partial charge < -0.3 is 49.8 Å². The van der Waals surface area contributed by atoms with Gasteiger partial charge in [-0.15, -0.1) is 0 Å². The molecule has 10 nitrogen and oxygen atoms in total. The molecule has 4 aromatic rings. The molecule has 0 saturated heterocycles. The Morgan fingerprint density at radius 3 is 2.29 bits per heavy atom. The van der Waals surface area contributed by atoms with E-state index in [1.165, 1.54) is 12.1 Å². The van der Waals surface area contributed by atoms with Crippen LogP contribution >= 0.6 is 23.2 Å². The van der Waals surface area contributed by atoms with E-state index in [4.69, 9.17) is 47.3 Å². The Labute approximate surface area is 293 Å². The van der Waals surface area contributed by atoms with Crippen LogP contribution in [0.2, 0.25) is 10.0 Å². The van der Waals surface area contributed by atoms with Crippen molar-refractivity contribution < 1.29 is 48.9 Å². The number of benzene rings is 4. The quantitative estimate of drug-likeness (QED) is 0.103. The molecule has 0 amide bonds. The van der Waals surface area contributed by atoms with Crippen molar-refractivity contribution in [1.82, 2.24) is 5.32 Å². The monoisotopic (exact) mass is 717 g/mol. The van der Waals surface area contributed by atoms with Crippen molar-refractivity contribution in [3.05, 3.63) is 105 Å². The third-order valence-corrected chi connectivity index (χ3v) is 8.76. The standard InChI is InChI=1S/C36H38Cl2FNO9/c1-20-23(3-2-4-25(20)22-6-8-31-34(13-22)47-10-9-46-31)19-49-33-14-32(48-18-21-5-7-28(39)26(37)11-21)24(12-27(33)38)15-40-16-29(42)35(44)36(45)30(43)17-41/h2-8,11-14,29-30,35-36,40-45H,9-10,15-19H2,1H3/t29-,30+,35+,36+/m0/s1. The highest BCUT2D eigenvalue weighted by molar-refractivity contribution is 6.32. The smallest absolute Gasteiger partial charge is 0.161 e. The predicted octanol–water partition coefficient (Wildman–Crippen LogP) is 4.56. The van der Waals surface area contributed by atoms with Gasteiger partial charge in [0.2, 0.25) is 0 Å². The molecule has 0 saturated carbocycles. The first-order valence-electron chi connectivity index (χ1n) is 15.6. The number of aliphatic hydroxyl groups excluding tert-OH is 5. The van der Waals surface area contributed by atoms with Gasteiger partial charge in [-0.25, -0.2) is 4.39 Å². The third kappa shape index (κ3) is 9.13. The molecule has 13 heteroatoms. The van der Waals surface area contributed by atoms with Gasteiger partial charge in [0.25, 0.3) is 0 Å². The summed E-state index contributed by atoms with van der Waals surface area (Å²) in [6.45, 7) is 2.40. The molecule has 4 atom stereocenters. The first-order valence-corrected chi connectivity index (χ1v) is 16.4. The van der Waals surface area contributed by atoms with Crippen LogP contribution in [0.25, 0.3) is 11.1 Å². The summed E-state index contributed by atoms with van der Waals surface area (Å²) in [7, 11) is 0. The van der Waals surface area contributed by atoms with E-state index in [-0.39, 0.29) is 36.3 Å². The van der Waals surface area contributed by atoms with Gasteiger partial charge >= 0.3 is 0 Å². The number of hydrogen-bond acceptors (Lipinski definition) is 10. The molecule has 1 heterocycles. The lowest BCUT2D eigenvalue weighted by atomic mass is 9.96. The van der Waals surface area contributed by atoms with Gasteiger partial charge in [0.05, 0.1) is 22.8 Å². The Balaban J connectivity index is 1.33. The molecule has 0 aromatic heterocycles. The number of fused-ring (bicyclic) bond motifs is 1. The molecule has 0 fully saturated rings. The van der Waals surface area contributed by atoms with E-state index in [2.05, 4.69) is 5.32 Å². The number of hydrogen-bond donors (Lipinski definition) is 6. The highest BCUT2D eigenvalue weighted by Crippen LogP contribution is 2.37. The van der Waals surface area contributed by atoms with Crippen molar-refractivity contribution in [2.24, 2.45) is 0 Å². The molecule has 1 aliphatic heterocycles. The van der Waals surface area contributed by atoms with Gasteiger partial charge in [0.1, 0.15) is 62.1 Å². The van der Waals surface area contributed by atoms with Gasteiger partial charge in [0.15, 0.2) is 11.5 Å². The Morgan fingerprint density at radius 1 is 0.796 bits per heavy atom. The van der Waals surface area contributed by atoms with Crippen LogP contribution in [0, 0.1) is 12.7 Å². The number of aliphatic hydroxyl groups is 5. The SMILES string of the molecule is Cc1c(COc2cc(OCc3ccc(F)c(Cl)c3)c(CNC[C@H](O)[C@@H](O)[C@H](O)[C@H](O)CO)cc2Cl)cccc1-c1ccc2c(c1)OCCO2. The molecule has 1 aliphatic rings. The van der Waals surface area contributed by atoms with Gasteiger partial charge in [-0.3, -0.25) is 0 Å². The maximum atomic E-state index is 13.7. The van der Waals surface area contributed by atoms with E-state index in [1.54, 1.807) is 18.2 Å². The molecule has 0 radical (unpaired) electrons. The van der Waals surface area contributed by atoms with E-state index in [9.17, 15) is 24.8 Å². The van der Waals surface area contributed by atoms with Crippen LogP contribution in [0.5, 0.6) is 23.0 Å². The minimum absolute atomic E-state index is 0.0390. The molecule has 0 unspecified atom stereocenters. The maximum Gasteiger partial charge on any atom is 0.161 e. The summed E-state index contributed by atoms with van der Waals surface area (Å²) in [6.07, 6.45) is -6.55. The average molecular weight is 719 g/mol. The fraction of sp³-hybridized carbons (Fsp3) is 0.333.